The lowest BCUT2D eigenvalue weighted by atomic mass is 9.88. The lowest BCUT2D eigenvalue weighted by Crippen LogP contribution is -2.44. The van der Waals surface area contributed by atoms with Crippen molar-refractivity contribution in [1.29, 1.82) is 0 Å². The molecule has 0 bridgehead atoms. The Hall–Kier alpha value is -2.30. The van der Waals surface area contributed by atoms with E-state index < -0.39 is 10.0 Å². The number of ketones is 1. The molecule has 0 aromatic carbocycles. The van der Waals surface area contributed by atoms with Crippen molar-refractivity contribution < 1.29 is 17.7 Å². The van der Waals surface area contributed by atoms with E-state index in [0.29, 0.717) is 56.3 Å². The summed E-state index contributed by atoms with van der Waals surface area (Å²) >= 11 is 0. The van der Waals surface area contributed by atoms with E-state index in [1.54, 1.807) is 18.2 Å². The Morgan fingerprint density at radius 3 is 2.72 bits per heavy atom. The summed E-state index contributed by atoms with van der Waals surface area (Å²) in [4.78, 5) is 19.0. The standard InChI is InChI=1S/C22H31N5O4S/c1-15-11-16(12-20(28)19-13-21(31-25-19)17-3-4-17)7-9-27(15)32(29,30)18-5-6-22(24-14-18)26(2)10-8-23/h5-6,13-17H,3-4,7-12,23H2,1-2H3/t15-,16-/m1/s1. The van der Waals surface area contributed by atoms with Crippen LogP contribution in [-0.2, 0) is 10.0 Å². The van der Waals surface area contributed by atoms with Crippen molar-refractivity contribution in [2.75, 3.05) is 31.6 Å². The number of piperidine rings is 1. The molecule has 1 aliphatic heterocycles. The summed E-state index contributed by atoms with van der Waals surface area (Å²) in [5.74, 6) is 1.99. The molecule has 4 rings (SSSR count). The van der Waals surface area contributed by atoms with Gasteiger partial charge in [-0.1, -0.05) is 5.16 Å². The van der Waals surface area contributed by atoms with Crippen LogP contribution in [-0.4, -0.2) is 61.4 Å². The number of hydrogen-bond acceptors (Lipinski definition) is 8. The van der Waals surface area contributed by atoms with Gasteiger partial charge in [0.25, 0.3) is 0 Å². The van der Waals surface area contributed by atoms with E-state index in [4.69, 9.17) is 10.3 Å². The molecule has 1 saturated carbocycles. The fourth-order valence-electron chi connectivity index (χ4n) is 4.33. The van der Waals surface area contributed by atoms with Crippen molar-refractivity contribution in [2.24, 2.45) is 11.7 Å². The lowest BCUT2D eigenvalue weighted by molar-refractivity contribution is 0.0923. The van der Waals surface area contributed by atoms with Crippen LogP contribution >= 0.6 is 0 Å². The van der Waals surface area contributed by atoms with Crippen molar-refractivity contribution in [3.8, 4) is 0 Å². The van der Waals surface area contributed by atoms with Crippen LogP contribution in [0.1, 0.15) is 61.2 Å². The molecule has 2 N–H and O–H groups in total. The Bertz CT molecular complexity index is 1050. The number of rotatable bonds is 9. The van der Waals surface area contributed by atoms with E-state index in [2.05, 4.69) is 10.1 Å². The molecule has 9 nitrogen and oxygen atoms in total. The van der Waals surface area contributed by atoms with Gasteiger partial charge in [-0.05, 0) is 50.7 Å². The summed E-state index contributed by atoms with van der Waals surface area (Å²) in [6.07, 6.45) is 5.21. The SMILES string of the molecule is C[C@@H]1C[C@H](CC(=O)c2cc(C3CC3)on2)CCN1S(=O)(=O)c1ccc(N(C)CCN)nc1. The summed E-state index contributed by atoms with van der Waals surface area (Å²) in [7, 11) is -1.79. The third-order valence-corrected chi connectivity index (χ3v) is 8.37. The molecule has 3 heterocycles. The molecule has 0 radical (unpaired) electrons. The Morgan fingerprint density at radius 1 is 1.31 bits per heavy atom. The number of Topliss-reactive ketones (excluding diaryl/α,β-unsaturated/α-hetero) is 1. The number of pyridine rings is 1. The second-order valence-electron chi connectivity index (χ2n) is 8.93. The zero-order valence-electron chi connectivity index (χ0n) is 18.6. The van der Waals surface area contributed by atoms with E-state index in [1.165, 1.54) is 10.5 Å². The minimum Gasteiger partial charge on any atom is -0.360 e. The fraction of sp³-hybridized carbons (Fsp3) is 0.591. The predicted octanol–water partition coefficient (Wildman–Crippen LogP) is 2.40. The van der Waals surface area contributed by atoms with Crippen LogP contribution in [0.5, 0.6) is 0 Å². The normalized spacial score (nSPS) is 22.1. The number of likely N-dealkylation sites (N-methyl/N-ethyl adjacent to an activating group) is 1. The summed E-state index contributed by atoms with van der Waals surface area (Å²) < 4.78 is 33.2. The predicted molar refractivity (Wildman–Crippen MR) is 120 cm³/mol. The minimum atomic E-state index is -3.65. The maximum absolute atomic E-state index is 13.2. The highest BCUT2D eigenvalue weighted by atomic mass is 32.2. The minimum absolute atomic E-state index is 0.0319. The topological polar surface area (TPSA) is 123 Å². The van der Waals surface area contributed by atoms with Crippen molar-refractivity contribution >= 4 is 21.6 Å². The molecule has 2 aliphatic rings. The molecule has 2 fully saturated rings. The lowest BCUT2D eigenvalue weighted by Gasteiger charge is -2.36. The van der Waals surface area contributed by atoms with Gasteiger partial charge < -0.3 is 15.2 Å². The number of carbonyl (C=O) groups is 1. The Morgan fingerprint density at radius 2 is 2.09 bits per heavy atom. The number of sulfonamides is 1. The van der Waals surface area contributed by atoms with Gasteiger partial charge >= 0.3 is 0 Å². The second-order valence-corrected chi connectivity index (χ2v) is 10.8. The largest absolute Gasteiger partial charge is 0.360 e. The molecule has 2 aromatic heterocycles. The van der Waals surface area contributed by atoms with Crippen LogP contribution in [0.3, 0.4) is 0 Å². The molecule has 2 atom stereocenters. The first-order valence-electron chi connectivity index (χ1n) is 11.2. The van der Waals surface area contributed by atoms with Crippen molar-refractivity contribution in [2.45, 2.75) is 55.9 Å². The molecule has 0 amide bonds. The number of anilines is 1. The first-order chi connectivity index (χ1) is 15.3. The van der Waals surface area contributed by atoms with Gasteiger partial charge in [-0.25, -0.2) is 13.4 Å². The van der Waals surface area contributed by atoms with Crippen LogP contribution in [0, 0.1) is 5.92 Å². The average molecular weight is 462 g/mol. The molecule has 174 valence electrons. The molecule has 0 spiro atoms. The van der Waals surface area contributed by atoms with Crippen LogP contribution in [0.25, 0.3) is 0 Å². The molecule has 1 saturated heterocycles. The molecular formula is C22H31N5O4S. The third kappa shape index (κ3) is 4.87. The smallest absolute Gasteiger partial charge is 0.244 e. The highest BCUT2D eigenvalue weighted by molar-refractivity contribution is 7.89. The van der Waals surface area contributed by atoms with Gasteiger partial charge in [-0.3, -0.25) is 4.79 Å². The van der Waals surface area contributed by atoms with Gasteiger partial charge in [0, 0.05) is 57.3 Å². The molecule has 10 heteroatoms. The quantitative estimate of drug-likeness (QED) is 0.565. The highest BCUT2D eigenvalue weighted by Gasteiger charge is 2.36. The summed E-state index contributed by atoms with van der Waals surface area (Å²) in [6.45, 7) is 3.40. The summed E-state index contributed by atoms with van der Waals surface area (Å²) in [6, 6.07) is 4.86. The van der Waals surface area contributed by atoms with Gasteiger partial charge in [0.1, 0.15) is 22.2 Å². The Balaban J connectivity index is 1.37. The Labute approximate surface area is 189 Å². The van der Waals surface area contributed by atoms with Gasteiger partial charge in [-0.2, -0.15) is 4.31 Å². The molecule has 0 unspecified atom stereocenters. The van der Waals surface area contributed by atoms with Gasteiger partial charge in [-0.15, -0.1) is 0 Å². The van der Waals surface area contributed by atoms with E-state index in [9.17, 15) is 13.2 Å². The van der Waals surface area contributed by atoms with Crippen molar-refractivity contribution in [3.63, 3.8) is 0 Å². The molecule has 1 aliphatic carbocycles. The molecular weight excluding hydrogens is 430 g/mol. The fourth-order valence-corrected chi connectivity index (χ4v) is 5.94. The number of carbonyl (C=O) groups excluding carboxylic acids is 1. The van der Waals surface area contributed by atoms with E-state index in [0.717, 1.165) is 18.6 Å². The Kier molecular flexibility index (Phi) is 6.64. The maximum atomic E-state index is 13.2. The molecule has 32 heavy (non-hydrogen) atoms. The number of hydrogen-bond donors (Lipinski definition) is 1. The van der Waals surface area contributed by atoms with Crippen LogP contribution in [0.4, 0.5) is 5.82 Å². The average Bonchev–Trinajstić information content (AvgIpc) is 3.50. The van der Waals surface area contributed by atoms with Crippen molar-refractivity contribution in [3.05, 3.63) is 35.9 Å². The van der Waals surface area contributed by atoms with Crippen molar-refractivity contribution in [1.82, 2.24) is 14.4 Å². The van der Waals surface area contributed by atoms with E-state index in [-0.39, 0.29) is 22.6 Å². The van der Waals surface area contributed by atoms with E-state index in [1.807, 2.05) is 18.9 Å². The van der Waals surface area contributed by atoms with Gasteiger partial charge in [0.05, 0.1) is 0 Å². The maximum Gasteiger partial charge on any atom is 0.244 e. The summed E-state index contributed by atoms with van der Waals surface area (Å²) in [5, 5.41) is 3.94. The van der Waals surface area contributed by atoms with Gasteiger partial charge in [0.15, 0.2) is 5.78 Å². The zero-order chi connectivity index (χ0) is 22.9. The first-order valence-corrected chi connectivity index (χ1v) is 12.6. The second kappa shape index (κ2) is 9.29. The number of aromatic nitrogens is 2. The molecule has 2 aromatic rings. The van der Waals surface area contributed by atoms with Crippen LogP contribution in [0.15, 0.2) is 33.8 Å². The number of nitrogens with zero attached hydrogens (tertiary/aromatic N) is 4. The highest BCUT2D eigenvalue weighted by Crippen LogP contribution is 2.40. The zero-order valence-corrected chi connectivity index (χ0v) is 19.4. The van der Waals surface area contributed by atoms with Crippen LogP contribution in [0.2, 0.25) is 0 Å². The first kappa shape index (κ1) is 22.9. The van der Waals surface area contributed by atoms with E-state index >= 15 is 0 Å². The van der Waals surface area contributed by atoms with Gasteiger partial charge in [0.2, 0.25) is 10.0 Å². The van der Waals surface area contributed by atoms with Crippen LogP contribution < -0.4 is 10.6 Å². The number of nitrogens with two attached hydrogens (primary N) is 1. The monoisotopic (exact) mass is 461 g/mol. The summed E-state index contributed by atoms with van der Waals surface area (Å²) in [5.41, 5.74) is 5.96. The third-order valence-electron chi connectivity index (χ3n) is 6.37.